The van der Waals surface area contributed by atoms with Crippen molar-refractivity contribution < 1.29 is 14.5 Å². The Morgan fingerprint density at radius 3 is 2.73 bits per heavy atom. The Bertz CT molecular complexity index is 718. The minimum absolute atomic E-state index is 0.0131. The van der Waals surface area contributed by atoms with Gasteiger partial charge in [0.1, 0.15) is 5.75 Å². The van der Waals surface area contributed by atoms with E-state index >= 15 is 0 Å². The predicted molar refractivity (Wildman–Crippen MR) is 86.1 cm³/mol. The number of nitrogens with one attached hydrogen (secondary N) is 1. The van der Waals surface area contributed by atoms with Gasteiger partial charge >= 0.3 is 0 Å². The Kier molecular flexibility index (Phi) is 5.11. The fourth-order valence-corrected chi connectivity index (χ4v) is 2.17. The number of amides is 1. The number of non-ortho nitro benzene ring substituents is 1. The van der Waals surface area contributed by atoms with Crippen LogP contribution in [0.3, 0.4) is 0 Å². The summed E-state index contributed by atoms with van der Waals surface area (Å²) < 4.78 is 6.23. The number of hydrogen-bond donors (Lipinski definition) is 1. The molecular weight excluding hydrogens is 352 g/mol. The zero-order chi connectivity index (χ0) is 16.1. The molecule has 0 unspecified atom stereocenters. The van der Waals surface area contributed by atoms with Gasteiger partial charge in [0, 0.05) is 22.3 Å². The molecule has 0 saturated heterocycles. The fraction of sp³-hybridized carbons (Fsp3) is 0.133. The normalized spacial score (nSPS) is 10.1. The third-order valence-corrected chi connectivity index (χ3v) is 3.35. The fourth-order valence-electron chi connectivity index (χ4n) is 1.79. The van der Waals surface area contributed by atoms with Crippen LogP contribution in [0.5, 0.6) is 5.75 Å². The van der Waals surface area contributed by atoms with Crippen molar-refractivity contribution in [1.82, 2.24) is 0 Å². The maximum Gasteiger partial charge on any atom is 0.269 e. The summed E-state index contributed by atoms with van der Waals surface area (Å²) in [5.74, 6) is 0.238. The molecule has 1 N–H and O–H groups in total. The molecule has 0 bridgehead atoms. The van der Waals surface area contributed by atoms with Crippen LogP contribution in [0.2, 0.25) is 0 Å². The molecule has 0 aliphatic rings. The Balaban J connectivity index is 1.96. The summed E-state index contributed by atoms with van der Waals surface area (Å²) in [5, 5.41) is 13.3. The highest BCUT2D eigenvalue weighted by Crippen LogP contribution is 2.21. The molecule has 22 heavy (non-hydrogen) atoms. The minimum Gasteiger partial charge on any atom is -0.484 e. The van der Waals surface area contributed by atoms with Crippen molar-refractivity contribution in [1.29, 1.82) is 0 Å². The molecule has 0 fully saturated rings. The monoisotopic (exact) mass is 364 g/mol. The predicted octanol–water partition coefficient (Wildman–Crippen LogP) is 3.68. The van der Waals surface area contributed by atoms with E-state index in [9.17, 15) is 14.9 Å². The third kappa shape index (κ3) is 4.29. The zero-order valence-corrected chi connectivity index (χ0v) is 13.3. The van der Waals surface area contributed by atoms with Gasteiger partial charge in [-0.25, -0.2) is 0 Å². The largest absolute Gasteiger partial charge is 0.484 e. The van der Waals surface area contributed by atoms with Crippen molar-refractivity contribution in [2.75, 3.05) is 11.9 Å². The Morgan fingerprint density at radius 1 is 1.32 bits per heavy atom. The van der Waals surface area contributed by atoms with E-state index in [1.54, 1.807) is 25.1 Å². The van der Waals surface area contributed by atoms with Gasteiger partial charge in [0.25, 0.3) is 11.6 Å². The molecular formula is C15H13BrN2O4. The van der Waals surface area contributed by atoms with Crippen LogP contribution in [0.15, 0.2) is 46.9 Å². The number of nitro groups is 1. The quantitative estimate of drug-likeness (QED) is 0.647. The number of ether oxygens (including phenoxy) is 1. The summed E-state index contributed by atoms with van der Waals surface area (Å²) in [5.41, 5.74) is 1.12. The molecule has 2 aromatic rings. The lowest BCUT2D eigenvalue weighted by molar-refractivity contribution is -0.384. The second-order valence-electron chi connectivity index (χ2n) is 4.55. The standard InChI is InChI=1S/C15H13BrN2O4/c1-10-7-12(18(20)21)5-6-14(10)17-15(19)9-22-13-4-2-3-11(16)8-13/h2-8H,9H2,1H3,(H,17,19). The first-order valence-corrected chi connectivity index (χ1v) is 7.18. The van der Waals surface area contributed by atoms with Crippen molar-refractivity contribution in [3.63, 3.8) is 0 Å². The molecule has 0 aromatic heterocycles. The molecule has 0 spiro atoms. The molecule has 0 atom stereocenters. The second-order valence-corrected chi connectivity index (χ2v) is 5.47. The summed E-state index contributed by atoms with van der Waals surface area (Å²) in [6.07, 6.45) is 0. The average molecular weight is 365 g/mol. The van der Waals surface area contributed by atoms with Crippen molar-refractivity contribution in [3.05, 3.63) is 62.6 Å². The van der Waals surface area contributed by atoms with Crippen LogP contribution >= 0.6 is 15.9 Å². The number of hydrogen-bond acceptors (Lipinski definition) is 4. The molecule has 0 aliphatic carbocycles. The van der Waals surface area contributed by atoms with Gasteiger partial charge in [-0.2, -0.15) is 0 Å². The molecule has 6 nitrogen and oxygen atoms in total. The van der Waals surface area contributed by atoms with Gasteiger partial charge in [0.15, 0.2) is 6.61 Å². The summed E-state index contributed by atoms with van der Waals surface area (Å²) in [7, 11) is 0. The average Bonchev–Trinajstić information content (AvgIpc) is 2.47. The lowest BCUT2D eigenvalue weighted by atomic mass is 10.2. The van der Waals surface area contributed by atoms with Gasteiger partial charge in [-0.3, -0.25) is 14.9 Å². The molecule has 0 aliphatic heterocycles. The lowest BCUT2D eigenvalue weighted by Crippen LogP contribution is -2.20. The van der Waals surface area contributed by atoms with Gasteiger partial charge in [0.2, 0.25) is 0 Å². The third-order valence-electron chi connectivity index (χ3n) is 2.86. The smallest absolute Gasteiger partial charge is 0.269 e. The van der Waals surface area contributed by atoms with Crippen LogP contribution in [0.1, 0.15) is 5.56 Å². The van der Waals surface area contributed by atoms with E-state index in [0.29, 0.717) is 17.0 Å². The maximum atomic E-state index is 11.9. The lowest BCUT2D eigenvalue weighted by Gasteiger charge is -2.09. The van der Waals surface area contributed by atoms with Gasteiger partial charge in [-0.1, -0.05) is 22.0 Å². The molecule has 0 heterocycles. The molecule has 0 saturated carbocycles. The first kappa shape index (κ1) is 16.0. The first-order chi connectivity index (χ1) is 10.5. The summed E-state index contributed by atoms with van der Waals surface area (Å²) in [4.78, 5) is 22.1. The summed E-state index contributed by atoms with van der Waals surface area (Å²) in [6.45, 7) is 1.55. The minimum atomic E-state index is -0.477. The van der Waals surface area contributed by atoms with Crippen LogP contribution in [0.4, 0.5) is 11.4 Å². The second kappa shape index (κ2) is 7.04. The van der Waals surface area contributed by atoms with Crippen molar-refractivity contribution in [2.45, 2.75) is 6.92 Å². The Hall–Kier alpha value is -2.41. The van der Waals surface area contributed by atoms with Gasteiger partial charge < -0.3 is 10.1 Å². The molecule has 2 rings (SSSR count). The number of benzene rings is 2. The van der Waals surface area contributed by atoms with Crippen LogP contribution in [-0.4, -0.2) is 17.4 Å². The summed E-state index contributed by atoms with van der Waals surface area (Å²) >= 11 is 3.32. The van der Waals surface area contributed by atoms with Crippen LogP contribution in [0.25, 0.3) is 0 Å². The van der Waals surface area contributed by atoms with Crippen molar-refractivity contribution in [3.8, 4) is 5.75 Å². The number of nitro benzene ring substituents is 1. The maximum absolute atomic E-state index is 11.9. The number of halogens is 1. The number of carbonyl (C=O) groups excluding carboxylic acids is 1. The number of nitrogens with zero attached hydrogens (tertiary/aromatic N) is 1. The van der Waals surface area contributed by atoms with Gasteiger partial charge in [-0.05, 0) is 36.8 Å². The number of carbonyl (C=O) groups is 1. The van der Waals surface area contributed by atoms with Gasteiger partial charge in [-0.15, -0.1) is 0 Å². The van der Waals surface area contributed by atoms with Crippen molar-refractivity contribution in [2.24, 2.45) is 0 Å². The highest BCUT2D eigenvalue weighted by molar-refractivity contribution is 9.10. The number of anilines is 1. The van der Waals surface area contributed by atoms with E-state index in [1.165, 1.54) is 18.2 Å². The highest BCUT2D eigenvalue weighted by atomic mass is 79.9. The Labute approximate surface area is 135 Å². The van der Waals surface area contributed by atoms with E-state index in [2.05, 4.69) is 21.2 Å². The SMILES string of the molecule is Cc1cc([N+](=O)[O-])ccc1NC(=O)COc1cccc(Br)c1. The van der Waals surface area contributed by atoms with E-state index in [-0.39, 0.29) is 18.2 Å². The van der Waals surface area contributed by atoms with Crippen LogP contribution in [-0.2, 0) is 4.79 Å². The number of aryl methyl sites for hydroxylation is 1. The highest BCUT2D eigenvalue weighted by Gasteiger charge is 2.10. The zero-order valence-electron chi connectivity index (χ0n) is 11.7. The molecule has 114 valence electrons. The topological polar surface area (TPSA) is 81.5 Å². The molecule has 1 amide bonds. The van der Waals surface area contributed by atoms with Gasteiger partial charge in [0.05, 0.1) is 4.92 Å². The van der Waals surface area contributed by atoms with Crippen LogP contribution in [0, 0.1) is 17.0 Å². The van der Waals surface area contributed by atoms with E-state index in [1.807, 2.05) is 6.07 Å². The van der Waals surface area contributed by atoms with E-state index < -0.39 is 4.92 Å². The van der Waals surface area contributed by atoms with E-state index in [0.717, 1.165) is 4.47 Å². The summed E-state index contributed by atoms with van der Waals surface area (Å²) in [6, 6.07) is 11.4. The van der Waals surface area contributed by atoms with E-state index in [4.69, 9.17) is 4.74 Å². The molecule has 0 radical (unpaired) electrons. The Morgan fingerprint density at radius 2 is 2.09 bits per heavy atom. The molecule has 7 heteroatoms. The van der Waals surface area contributed by atoms with Crippen LogP contribution < -0.4 is 10.1 Å². The molecule has 2 aromatic carbocycles. The first-order valence-electron chi connectivity index (χ1n) is 6.39. The van der Waals surface area contributed by atoms with Crippen molar-refractivity contribution >= 4 is 33.2 Å². The number of rotatable bonds is 5.